The van der Waals surface area contributed by atoms with Crippen molar-refractivity contribution in [3.05, 3.63) is 34.9 Å². The number of benzene rings is 1. The van der Waals surface area contributed by atoms with Gasteiger partial charge in [0.15, 0.2) is 0 Å². The average molecular weight is 215 g/mol. The number of aliphatic hydroxyl groups excluding tert-OH is 1. The molecule has 0 radical (unpaired) electrons. The fourth-order valence-corrected chi connectivity index (χ4v) is 1.15. The summed E-state index contributed by atoms with van der Waals surface area (Å²) < 4.78 is 37.3. The monoisotopic (exact) mass is 215 g/mol. The fraction of sp³-hybridized carbons (Fsp3) is 0.300. The van der Waals surface area contributed by atoms with Crippen LogP contribution in [0.1, 0.15) is 29.7 Å². The van der Waals surface area contributed by atoms with Gasteiger partial charge in [-0.1, -0.05) is 6.07 Å². The van der Waals surface area contributed by atoms with Crippen molar-refractivity contribution in [1.82, 2.24) is 0 Å². The highest BCUT2D eigenvalue weighted by atomic mass is 19.4. The Morgan fingerprint density at radius 3 is 2.40 bits per heavy atom. The van der Waals surface area contributed by atoms with Crippen LogP contribution in [0.15, 0.2) is 18.2 Å². The van der Waals surface area contributed by atoms with Crippen LogP contribution in [0, 0.1) is 11.3 Å². The predicted octanol–water partition coefficient (Wildman–Crippen LogP) is 2.63. The molecule has 0 heterocycles. The molecule has 2 nitrogen and oxygen atoms in total. The number of nitrogens with zero attached hydrogens (tertiary/aromatic N) is 1. The Kier molecular flexibility index (Phi) is 3.01. The summed E-state index contributed by atoms with van der Waals surface area (Å²) >= 11 is 0. The zero-order valence-corrected chi connectivity index (χ0v) is 7.84. The molecule has 0 amide bonds. The number of aliphatic hydroxyl groups is 1. The number of rotatable bonds is 1. The Balaban J connectivity index is 3.34. The quantitative estimate of drug-likeness (QED) is 0.782. The number of halogens is 3. The molecule has 1 atom stereocenters. The molecule has 1 N–H and O–H groups in total. The zero-order valence-electron chi connectivity index (χ0n) is 7.84. The summed E-state index contributed by atoms with van der Waals surface area (Å²) in [7, 11) is 0. The Morgan fingerprint density at radius 2 is 2.00 bits per heavy atom. The minimum Gasteiger partial charge on any atom is -0.389 e. The molecule has 0 aliphatic rings. The standard InChI is InChI=1S/C10H8F3NO/c1-6(15)7-2-3-8(5-14)9(4-7)10(11,12)13/h2-4,6,15H,1H3. The molecule has 1 rings (SSSR count). The van der Waals surface area contributed by atoms with Crippen LogP contribution in [0.4, 0.5) is 13.2 Å². The van der Waals surface area contributed by atoms with E-state index in [1.54, 1.807) is 0 Å². The molecule has 1 aromatic rings. The Labute approximate surface area is 84.6 Å². The van der Waals surface area contributed by atoms with Crippen LogP contribution in [0.5, 0.6) is 0 Å². The maximum atomic E-state index is 12.4. The number of nitriles is 1. The highest BCUT2D eigenvalue weighted by Gasteiger charge is 2.33. The van der Waals surface area contributed by atoms with Crippen molar-refractivity contribution in [3.63, 3.8) is 0 Å². The second kappa shape index (κ2) is 3.91. The zero-order chi connectivity index (χ0) is 11.6. The molecular formula is C10H8F3NO. The van der Waals surface area contributed by atoms with Gasteiger partial charge in [0, 0.05) is 0 Å². The maximum Gasteiger partial charge on any atom is 0.417 e. The first-order chi connectivity index (χ1) is 6.86. The molecule has 1 unspecified atom stereocenters. The maximum absolute atomic E-state index is 12.4. The van der Waals surface area contributed by atoms with Gasteiger partial charge < -0.3 is 5.11 Å². The van der Waals surface area contributed by atoms with Gasteiger partial charge in [-0.15, -0.1) is 0 Å². The van der Waals surface area contributed by atoms with Crippen LogP contribution in [-0.4, -0.2) is 5.11 Å². The molecule has 1 aromatic carbocycles. The third kappa shape index (κ3) is 2.48. The van der Waals surface area contributed by atoms with E-state index in [-0.39, 0.29) is 5.56 Å². The highest BCUT2D eigenvalue weighted by Crippen LogP contribution is 2.33. The van der Waals surface area contributed by atoms with E-state index in [4.69, 9.17) is 10.4 Å². The molecule has 0 aliphatic carbocycles. The third-order valence-electron chi connectivity index (χ3n) is 1.95. The summed E-state index contributed by atoms with van der Waals surface area (Å²) in [5.41, 5.74) is -1.31. The lowest BCUT2D eigenvalue weighted by molar-refractivity contribution is -0.137. The van der Waals surface area contributed by atoms with E-state index in [9.17, 15) is 13.2 Å². The van der Waals surface area contributed by atoms with Gasteiger partial charge in [-0.25, -0.2) is 0 Å². The summed E-state index contributed by atoms with van der Waals surface area (Å²) in [5.74, 6) is 0. The Morgan fingerprint density at radius 1 is 1.40 bits per heavy atom. The van der Waals surface area contributed by atoms with Gasteiger partial charge in [-0.3, -0.25) is 0 Å². The summed E-state index contributed by atoms with van der Waals surface area (Å²) in [6, 6.07) is 4.63. The van der Waals surface area contributed by atoms with E-state index in [0.717, 1.165) is 12.1 Å². The minimum atomic E-state index is -4.57. The van der Waals surface area contributed by atoms with Crippen molar-refractivity contribution < 1.29 is 18.3 Å². The molecule has 0 bridgehead atoms. The van der Waals surface area contributed by atoms with E-state index in [1.165, 1.54) is 19.1 Å². The van der Waals surface area contributed by atoms with Gasteiger partial charge in [0.1, 0.15) is 0 Å². The van der Waals surface area contributed by atoms with Crippen LogP contribution in [0.2, 0.25) is 0 Å². The van der Waals surface area contributed by atoms with E-state index in [2.05, 4.69) is 0 Å². The predicted molar refractivity (Wildman–Crippen MR) is 46.8 cm³/mol. The topological polar surface area (TPSA) is 44.0 Å². The first kappa shape index (κ1) is 11.5. The molecule has 15 heavy (non-hydrogen) atoms. The largest absolute Gasteiger partial charge is 0.417 e. The molecule has 0 aliphatic heterocycles. The van der Waals surface area contributed by atoms with E-state index in [0.29, 0.717) is 0 Å². The van der Waals surface area contributed by atoms with Gasteiger partial charge in [-0.2, -0.15) is 18.4 Å². The van der Waals surface area contributed by atoms with Crippen LogP contribution < -0.4 is 0 Å². The van der Waals surface area contributed by atoms with Gasteiger partial charge >= 0.3 is 6.18 Å². The summed E-state index contributed by atoms with van der Waals surface area (Å²) in [6.07, 6.45) is -5.56. The van der Waals surface area contributed by atoms with Crippen molar-refractivity contribution >= 4 is 0 Å². The molecule has 0 aromatic heterocycles. The Bertz CT molecular complexity index is 404. The normalized spacial score (nSPS) is 13.3. The lowest BCUT2D eigenvalue weighted by Gasteiger charge is -2.11. The molecule has 0 saturated carbocycles. The second-order valence-electron chi connectivity index (χ2n) is 3.09. The number of hydrogen-bond donors (Lipinski definition) is 1. The summed E-state index contributed by atoms with van der Waals surface area (Å²) in [6.45, 7) is 1.36. The molecule has 80 valence electrons. The molecule has 0 fully saturated rings. The molecular weight excluding hydrogens is 207 g/mol. The number of hydrogen-bond acceptors (Lipinski definition) is 2. The first-order valence-electron chi connectivity index (χ1n) is 4.15. The van der Waals surface area contributed by atoms with Crippen molar-refractivity contribution in [2.75, 3.05) is 0 Å². The smallest absolute Gasteiger partial charge is 0.389 e. The van der Waals surface area contributed by atoms with Crippen LogP contribution in [-0.2, 0) is 6.18 Å². The minimum absolute atomic E-state index is 0.140. The Hall–Kier alpha value is -1.54. The van der Waals surface area contributed by atoms with Gasteiger partial charge in [-0.05, 0) is 24.6 Å². The van der Waals surface area contributed by atoms with Crippen molar-refractivity contribution in [2.45, 2.75) is 19.2 Å². The van der Waals surface area contributed by atoms with E-state index in [1.807, 2.05) is 0 Å². The average Bonchev–Trinajstić information content (AvgIpc) is 2.15. The van der Waals surface area contributed by atoms with Crippen LogP contribution in [0.25, 0.3) is 0 Å². The van der Waals surface area contributed by atoms with Crippen LogP contribution >= 0.6 is 0 Å². The van der Waals surface area contributed by atoms with Gasteiger partial charge in [0.2, 0.25) is 0 Å². The lowest BCUT2D eigenvalue weighted by atomic mass is 10.0. The molecule has 0 spiro atoms. The van der Waals surface area contributed by atoms with Crippen LogP contribution in [0.3, 0.4) is 0 Å². The van der Waals surface area contributed by atoms with Crippen molar-refractivity contribution in [3.8, 4) is 6.07 Å². The lowest BCUT2D eigenvalue weighted by Crippen LogP contribution is -2.09. The first-order valence-corrected chi connectivity index (χ1v) is 4.15. The molecule has 5 heteroatoms. The van der Waals surface area contributed by atoms with E-state index >= 15 is 0 Å². The second-order valence-corrected chi connectivity index (χ2v) is 3.09. The highest BCUT2D eigenvalue weighted by molar-refractivity contribution is 5.42. The fourth-order valence-electron chi connectivity index (χ4n) is 1.15. The summed E-state index contributed by atoms with van der Waals surface area (Å²) in [4.78, 5) is 0. The van der Waals surface area contributed by atoms with Gasteiger partial charge in [0.25, 0.3) is 0 Å². The molecule has 0 saturated heterocycles. The van der Waals surface area contributed by atoms with Gasteiger partial charge in [0.05, 0.1) is 23.3 Å². The van der Waals surface area contributed by atoms with Crippen molar-refractivity contribution in [2.24, 2.45) is 0 Å². The van der Waals surface area contributed by atoms with E-state index < -0.39 is 23.4 Å². The number of alkyl halides is 3. The SMILES string of the molecule is CC(O)c1ccc(C#N)c(C(F)(F)F)c1. The third-order valence-corrected chi connectivity index (χ3v) is 1.95. The summed E-state index contributed by atoms with van der Waals surface area (Å²) in [5, 5.41) is 17.6. The van der Waals surface area contributed by atoms with Crippen molar-refractivity contribution in [1.29, 1.82) is 5.26 Å².